The van der Waals surface area contributed by atoms with Crippen LogP contribution in [0.5, 0.6) is 5.75 Å². The first kappa shape index (κ1) is 16.5. The highest BCUT2D eigenvalue weighted by molar-refractivity contribution is 5.95. The van der Waals surface area contributed by atoms with Crippen LogP contribution in [0.15, 0.2) is 65.8 Å². The standard InChI is InChI=1S/C20H19N3O2/c1-14-7-8-15(2)23(14)18-11-9-16(10-12-18)20(25)22-21-13-17-5-3-4-6-19(17)24/h3-13,24H,1-2H3,(H,22,25). The number of phenolic OH excluding ortho intramolecular Hbond substituents is 1. The highest BCUT2D eigenvalue weighted by atomic mass is 16.3. The number of benzene rings is 2. The minimum Gasteiger partial charge on any atom is -0.507 e. The molecule has 1 aromatic heterocycles. The first-order chi connectivity index (χ1) is 12.1. The smallest absolute Gasteiger partial charge is 0.271 e. The molecule has 0 saturated carbocycles. The molecule has 0 radical (unpaired) electrons. The number of hydrazone groups is 1. The molecule has 0 unspecified atom stereocenters. The first-order valence-electron chi connectivity index (χ1n) is 7.93. The van der Waals surface area contributed by atoms with E-state index in [0.717, 1.165) is 17.1 Å². The van der Waals surface area contributed by atoms with Crippen molar-refractivity contribution in [3.05, 3.63) is 83.2 Å². The molecule has 0 aliphatic heterocycles. The molecule has 1 heterocycles. The molecule has 0 saturated heterocycles. The number of carbonyl (C=O) groups excluding carboxylic acids is 1. The van der Waals surface area contributed by atoms with Crippen LogP contribution in [0.3, 0.4) is 0 Å². The van der Waals surface area contributed by atoms with E-state index >= 15 is 0 Å². The van der Waals surface area contributed by atoms with Gasteiger partial charge in [0.25, 0.3) is 5.91 Å². The minimum atomic E-state index is -0.306. The lowest BCUT2D eigenvalue weighted by Gasteiger charge is -2.10. The Morgan fingerprint density at radius 3 is 2.28 bits per heavy atom. The Morgan fingerprint density at radius 2 is 1.64 bits per heavy atom. The average Bonchev–Trinajstić information content (AvgIpc) is 2.95. The summed E-state index contributed by atoms with van der Waals surface area (Å²) in [5.41, 5.74) is 6.81. The van der Waals surface area contributed by atoms with Gasteiger partial charge in [-0.05, 0) is 62.4 Å². The molecular formula is C20H19N3O2. The van der Waals surface area contributed by atoms with Gasteiger partial charge < -0.3 is 9.67 Å². The van der Waals surface area contributed by atoms with Crippen LogP contribution in [0.4, 0.5) is 0 Å². The number of rotatable bonds is 4. The van der Waals surface area contributed by atoms with Crippen LogP contribution in [-0.4, -0.2) is 21.8 Å². The van der Waals surface area contributed by atoms with E-state index in [9.17, 15) is 9.90 Å². The number of para-hydroxylation sites is 1. The Morgan fingerprint density at radius 1 is 1.00 bits per heavy atom. The third-order valence-electron chi connectivity index (χ3n) is 3.97. The number of aryl methyl sites for hydroxylation is 2. The van der Waals surface area contributed by atoms with E-state index < -0.39 is 0 Å². The van der Waals surface area contributed by atoms with E-state index in [4.69, 9.17) is 0 Å². The van der Waals surface area contributed by atoms with Gasteiger partial charge in [0.05, 0.1) is 6.21 Å². The lowest BCUT2D eigenvalue weighted by molar-refractivity contribution is 0.0955. The summed E-state index contributed by atoms with van der Waals surface area (Å²) in [6.07, 6.45) is 1.41. The maximum atomic E-state index is 12.2. The van der Waals surface area contributed by atoms with E-state index in [2.05, 4.69) is 27.2 Å². The van der Waals surface area contributed by atoms with Crippen molar-refractivity contribution in [1.29, 1.82) is 0 Å². The number of carbonyl (C=O) groups is 1. The van der Waals surface area contributed by atoms with Gasteiger partial charge in [-0.15, -0.1) is 0 Å². The Balaban J connectivity index is 1.70. The molecule has 0 fully saturated rings. The SMILES string of the molecule is Cc1ccc(C)n1-c1ccc(C(=O)NN=Cc2ccccc2O)cc1. The molecule has 1 amide bonds. The molecule has 2 N–H and O–H groups in total. The predicted molar refractivity (Wildman–Crippen MR) is 98.4 cm³/mol. The van der Waals surface area contributed by atoms with Crippen molar-refractivity contribution >= 4 is 12.1 Å². The summed E-state index contributed by atoms with van der Waals surface area (Å²) in [7, 11) is 0. The molecule has 126 valence electrons. The summed E-state index contributed by atoms with van der Waals surface area (Å²) in [5, 5.41) is 13.5. The number of nitrogens with one attached hydrogen (secondary N) is 1. The van der Waals surface area contributed by atoms with Gasteiger partial charge in [-0.25, -0.2) is 5.43 Å². The third kappa shape index (κ3) is 3.61. The summed E-state index contributed by atoms with van der Waals surface area (Å²) < 4.78 is 2.12. The molecule has 5 heteroatoms. The van der Waals surface area contributed by atoms with Crippen molar-refractivity contribution in [2.24, 2.45) is 5.10 Å². The first-order valence-corrected chi connectivity index (χ1v) is 7.93. The summed E-state index contributed by atoms with van der Waals surface area (Å²) in [5.74, 6) is -0.193. The fraction of sp³-hybridized carbons (Fsp3) is 0.100. The molecule has 3 rings (SSSR count). The van der Waals surface area contributed by atoms with E-state index in [1.54, 1.807) is 36.4 Å². The fourth-order valence-electron chi connectivity index (χ4n) is 2.66. The van der Waals surface area contributed by atoms with Crippen LogP contribution >= 0.6 is 0 Å². The normalized spacial score (nSPS) is 11.0. The number of phenols is 1. The summed E-state index contributed by atoms with van der Waals surface area (Å²) in [6, 6.07) is 18.2. The minimum absolute atomic E-state index is 0.113. The second-order valence-electron chi connectivity index (χ2n) is 5.76. The summed E-state index contributed by atoms with van der Waals surface area (Å²) >= 11 is 0. The van der Waals surface area contributed by atoms with Gasteiger partial charge in [0.1, 0.15) is 5.75 Å². The Labute approximate surface area is 146 Å². The maximum absolute atomic E-state index is 12.2. The zero-order chi connectivity index (χ0) is 17.8. The zero-order valence-electron chi connectivity index (χ0n) is 14.1. The van der Waals surface area contributed by atoms with Crippen LogP contribution in [0.25, 0.3) is 5.69 Å². The van der Waals surface area contributed by atoms with Crippen molar-refractivity contribution in [2.45, 2.75) is 13.8 Å². The molecule has 5 nitrogen and oxygen atoms in total. The zero-order valence-corrected chi connectivity index (χ0v) is 14.1. The Bertz CT molecular complexity index is 905. The van der Waals surface area contributed by atoms with Gasteiger partial charge in [0, 0.05) is 28.2 Å². The summed E-state index contributed by atoms with van der Waals surface area (Å²) in [4.78, 5) is 12.2. The fourth-order valence-corrected chi connectivity index (χ4v) is 2.66. The number of aromatic hydroxyl groups is 1. The molecule has 0 atom stereocenters. The van der Waals surface area contributed by atoms with Crippen LogP contribution in [0.1, 0.15) is 27.3 Å². The topological polar surface area (TPSA) is 66.6 Å². The molecule has 0 spiro atoms. The summed E-state index contributed by atoms with van der Waals surface area (Å²) in [6.45, 7) is 4.09. The van der Waals surface area contributed by atoms with E-state index in [1.807, 2.05) is 26.0 Å². The van der Waals surface area contributed by atoms with Crippen molar-refractivity contribution in [1.82, 2.24) is 9.99 Å². The third-order valence-corrected chi connectivity index (χ3v) is 3.97. The van der Waals surface area contributed by atoms with Gasteiger partial charge in [0.2, 0.25) is 0 Å². The molecule has 0 aliphatic carbocycles. The average molecular weight is 333 g/mol. The monoisotopic (exact) mass is 333 g/mol. The van der Waals surface area contributed by atoms with Crippen molar-refractivity contribution in [3.8, 4) is 11.4 Å². The lowest BCUT2D eigenvalue weighted by Crippen LogP contribution is -2.17. The number of amides is 1. The lowest BCUT2D eigenvalue weighted by atomic mass is 10.2. The van der Waals surface area contributed by atoms with E-state index in [-0.39, 0.29) is 11.7 Å². The number of aromatic nitrogens is 1. The Kier molecular flexibility index (Phi) is 4.66. The highest BCUT2D eigenvalue weighted by Gasteiger charge is 2.07. The van der Waals surface area contributed by atoms with Crippen LogP contribution < -0.4 is 5.43 Å². The predicted octanol–water partition coefficient (Wildman–Crippen LogP) is 3.56. The van der Waals surface area contributed by atoms with Crippen molar-refractivity contribution in [2.75, 3.05) is 0 Å². The van der Waals surface area contributed by atoms with Gasteiger partial charge in [-0.3, -0.25) is 4.79 Å². The molecule has 0 aliphatic rings. The van der Waals surface area contributed by atoms with E-state index in [1.165, 1.54) is 6.21 Å². The molecule has 25 heavy (non-hydrogen) atoms. The Hall–Kier alpha value is -3.34. The van der Waals surface area contributed by atoms with Crippen LogP contribution in [0, 0.1) is 13.8 Å². The second-order valence-corrected chi connectivity index (χ2v) is 5.76. The van der Waals surface area contributed by atoms with Crippen LogP contribution in [0.2, 0.25) is 0 Å². The van der Waals surface area contributed by atoms with E-state index in [0.29, 0.717) is 11.1 Å². The number of hydrogen-bond donors (Lipinski definition) is 2. The molecule has 0 bridgehead atoms. The van der Waals surface area contributed by atoms with Crippen molar-refractivity contribution in [3.63, 3.8) is 0 Å². The van der Waals surface area contributed by atoms with Crippen molar-refractivity contribution < 1.29 is 9.90 Å². The van der Waals surface area contributed by atoms with Gasteiger partial charge in [-0.1, -0.05) is 12.1 Å². The number of nitrogens with zero attached hydrogens (tertiary/aromatic N) is 2. The molecule has 3 aromatic rings. The maximum Gasteiger partial charge on any atom is 0.271 e. The highest BCUT2D eigenvalue weighted by Crippen LogP contribution is 2.17. The largest absolute Gasteiger partial charge is 0.507 e. The quantitative estimate of drug-likeness (QED) is 0.566. The van der Waals surface area contributed by atoms with Gasteiger partial charge >= 0.3 is 0 Å². The molecule has 2 aromatic carbocycles. The number of hydrogen-bond acceptors (Lipinski definition) is 3. The molecular weight excluding hydrogens is 314 g/mol. The van der Waals surface area contributed by atoms with Gasteiger partial charge in [-0.2, -0.15) is 5.10 Å². The second kappa shape index (κ2) is 7.05. The van der Waals surface area contributed by atoms with Crippen LogP contribution in [-0.2, 0) is 0 Å². The van der Waals surface area contributed by atoms with Gasteiger partial charge in [0.15, 0.2) is 0 Å².